The van der Waals surface area contributed by atoms with Crippen molar-refractivity contribution in [1.29, 1.82) is 0 Å². The SMILES string of the molecule is COc1cc([N+](=O)[O-])ccc1CN1CCc2nc(C3CC3)[nH]c(=O)c2C1. The van der Waals surface area contributed by atoms with Gasteiger partial charge in [-0.2, -0.15) is 0 Å². The fourth-order valence-electron chi connectivity index (χ4n) is 3.40. The standard InChI is InChI=1S/C18H20N4O4/c1-26-16-8-13(22(24)25)5-4-12(16)9-21-7-6-15-14(10-21)18(23)20-17(19-15)11-2-3-11/h4-5,8,11H,2-3,6-7,9-10H2,1H3,(H,19,20,23). The molecule has 0 amide bonds. The van der Waals surface area contributed by atoms with Crippen molar-refractivity contribution in [1.82, 2.24) is 14.9 Å². The Balaban J connectivity index is 1.54. The lowest BCUT2D eigenvalue weighted by Crippen LogP contribution is -2.35. The maximum atomic E-state index is 12.4. The normalized spacial score (nSPS) is 17.0. The molecule has 8 nitrogen and oxygen atoms in total. The number of aromatic amines is 1. The molecule has 26 heavy (non-hydrogen) atoms. The Morgan fingerprint density at radius 3 is 2.92 bits per heavy atom. The van der Waals surface area contributed by atoms with E-state index in [-0.39, 0.29) is 11.2 Å². The molecule has 0 saturated heterocycles. The zero-order valence-corrected chi connectivity index (χ0v) is 14.5. The number of aromatic nitrogens is 2. The number of ether oxygens (including phenoxy) is 1. The zero-order valence-electron chi connectivity index (χ0n) is 14.5. The predicted octanol–water partition coefficient (Wildman–Crippen LogP) is 2.12. The number of nitro benzene ring substituents is 1. The van der Waals surface area contributed by atoms with Gasteiger partial charge in [0.05, 0.1) is 29.4 Å². The highest BCUT2D eigenvalue weighted by Gasteiger charge is 2.29. The van der Waals surface area contributed by atoms with E-state index in [0.717, 1.165) is 48.5 Å². The van der Waals surface area contributed by atoms with Gasteiger partial charge in [-0.05, 0) is 18.9 Å². The van der Waals surface area contributed by atoms with Crippen LogP contribution in [0.1, 0.15) is 41.4 Å². The van der Waals surface area contributed by atoms with Crippen LogP contribution in [0, 0.1) is 10.1 Å². The molecular weight excluding hydrogens is 336 g/mol. The molecule has 8 heteroatoms. The highest BCUT2D eigenvalue weighted by molar-refractivity contribution is 5.44. The molecule has 136 valence electrons. The summed E-state index contributed by atoms with van der Waals surface area (Å²) in [5, 5.41) is 10.9. The number of nitrogens with zero attached hydrogens (tertiary/aromatic N) is 3. The Morgan fingerprint density at radius 2 is 2.23 bits per heavy atom. The second-order valence-corrected chi connectivity index (χ2v) is 6.86. The Bertz CT molecular complexity index is 920. The number of hydrogen-bond acceptors (Lipinski definition) is 6. The van der Waals surface area contributed by atoms with E-state index in [1.807, 2.05) is 0 Å². The second kappa shape index (κ2) is 6.53. The fourth-order valence-corrected chi connectivity index (χ4v) is 3.40. The summed E-state index contributed by atoms with van der Waals surface area (Å²) in [7, 11) is 1.50. The molecule has 0 unspecified atom stereocenters. The molecule has 1 aromatic heterocycles. The minimum atomic E-state index is -0.438. The summed E-state index contributed by atoms with van der Waals surface area (Å²) in [6.07, 6.45) is 2.94. The van der Waals surface area contributed by atoms with Crippen molar-refractivity contribution in [2.45, 2.75) is 38.3 Å². The number of rotatable bonds is 5. The van der Waals surface area contributed by atoms with Crippen molar-refractivity contribution in [2.24, 2.45) is 0 Å². The van der Waals surface area contributed by atoms with Gasteiger partial charge in [0, 0.05) is 43.6 Å². The monoisotopic (exact) mass is 356 g/mol. The fraction of sp³-hybridized carbons (Fsp3) is 0.444. The Labute approximate surface area is 150 Å². The van der Waals surface area contributed by atoms with Gasteiger partial charge in [-0.15, -0.1) is 0 Å². The molecule has 2 heterocycles. The van der Waals surface area contributed by atoms with Gasteiger partial charge in [-0.1, -0.05) is 0 Å². The summed E-state index contributed by atoms with van der Waals surface area (Å²) in [6.45, 7) is 1.86. The molecule has 0 atom stereocenters. The largest absolute Gasteiger partial charge is 0.496 e. The minimum Gasteiger partial charge on any atom is -0.496 e. The summed E-state index contributed by atoms with van der Waals surface area (Å²) >= 11 is 0. The number of H-pyrrole nitrogens is 1. The first-order valence-corrected chi connectivity index (χ1v) is 8.71. The quantitative estimate of drug-likeness (QED) is 0.650. The molecule has 1 aliphatic heterocycles. The molecule has 1 fully saturated rings. The number of benzene rings is 1. The van der Waals surface area contributed by atoms with E-state index in [0.29, 0.717) is 24.8 Å². The van der Waals surface area contributed by atoms with Crippen LogP contribution in [0.25, 0.3) is 0 Å². The van der Waals surface area contributed by atoms with E-state index < -0.39 is 4.92 Å². The van der Waals surface area contributed by atoms with Gasteiger partial charge in [0.2, 0.25) is 0 Å². The van der Waals surface area contributed by atoms with E-state index in [1.165, 1.54) is 19.2 Å². The van der Waals surface area contributed by atoms with E-state index in [9.17, 15) is 14.9 Å². The smallest absolute Gasteiger partial charge is 0.273 e. The van der Waals surface area contributed by atoms with Crippen LogP contribution in [-0.2, 0) is 19.5 Å². The number of fused-ring (bicyclic) bond motifs is 1. The second-order valence-electron chi connectivity index (χ2n) is 6.86. The van der Waals surface area contributed by atoms with Crippen LogP contribution in [0.4, 0.5) is 5.69 Å². The van der Waals surface area contributed by atoms with Gasteiger partial charge < -0.3 is 9.72 Å². The van der Waals surface area contributed by atoms with Crippen molar-refractivity contribution in [3.63, 3.8) is 0 Å². The predicted molar refractivity (Wildman–Crippen MR) is 94.3 cm³/mol. The summed E-state index contributed by atoms with van der Waals surface area (Å²) in [6, 6.07) is 4.63. The lowest BCUT2D eigenvalue weighted by molar-refractivity contribution is -0.384. The van der Waals surface area contributed by atoms with Crippen LogP contribution >= 0.6 is 0 Å². The van der Waals surface area contributed by atoms with Crippen molar-refractivity contribution in [3.8, 4) is 5.75 Å². The molecule has 1 aliphatic carbocycles. The van der Waals surface area contributed by atoms with Crippen molar-refractivity contribution in [3.05, 3.63) is 61.3 Å². The molecule has 0 bridgehead atoms. The van der Waals surface area contributed by atoms with Gasteiger partial charge in [-0.3, -0.25) is 19.8 Å². The Kier molecular flexibility index (Phi) is 4.20. The molecule has 1 aromatic carbocycles. The Hall–Kier alpha value is -2.74. The van der Waals surface area contributed by atoms with E-state index in [1.54, 1.807) is 6.07 Å². The summed E-state index contributed by atoms with van der Waals surface area (Å²) < 4.78 is 5.31. The number of hydrogen-bond donors (Lipinski definition) is 1. The van der Waals surface area contributed by atoms with E-state index >= 15 is 0 Å². The lowest BCUT2D eigenvalue weighted by Gasteiger charge is -2.28. The third kappa shape index (κ3) is 3.20. The average Bonchev–Trinajstić information content (AvgIpc) is 3.47. The molecule has 0 spiro atoms. The Morgan fingerprint density at radius 1 is 1.42 bits per heavy atom. The summed E-state index contributed by atoms with van der Waals surface area (Å²) in [5.74, 6) is 1.75. The first-order chi connectivity index (χ1) is 12.5. The first kappa shape index (κ1) is 16.7. The number of nitro groups is 1. The van der Waals surface area contributed by atoms with Crippen LogP contribution in [0.5, 0.6) is 5.75 Å². The number of non-ortho nitro benzene ring substituents is 1. The van der Waals surface area contributed by atoms with Crippen molar-refractivity contribution in [2.75, 3.05) is 13.7 Å². The van der Waals surface area contributed by atoms with Crippen LogP contribution < -0.4 is 10.3 Å². The molecule has 2 aliphatic rings. The highest BCUT2D eigenvalue weighted by Crippen LogP contribution is 2.38. The van der Waals surface area contributed by atoms with Crippen LogP contribution in [-0.4, -0.2) is 33.4 Å². The lowest BCUT2D eigenvalue weighted by atomic mass is 10.1. The van der Waals surface area contributed by atoms with E-state index in [4.69, 9.17) is 4.74 Å². The molecule has 0 radical (unpaired) electrons. The first-order valence-electron chi connectivity index (χ1n) is 8.71. The summed E-state index contributed by atoms with van der Waals surface area (Å²) in [4.78, 5) is 32.6. The third-order valence-corrected chi connectivity index (χ3v) is 5.01. The van der Waals surface area contributed by atoms with Gasteiger partial charge in [-0.25, -0.2) is 4.98 Å². The van der Waals surface area contributed by atoms with Gasteiger partial charge in [0.25, 0.3) is 11.2 Å². The van der Waals surface area contributed by atoms with Crippen molar-refractivity contribution < 1.29 is 9.66 Å². The van der Waals surface area contributed by atoms with E-state index in [2.05, 4.69) is 14.9 Å². The maximum absolute atomic E-state index is 12.4. The number of methoxy groups -OCH3 is 1. The van der Waals surface area contributed by atoms with Gasteiger partial charge >= 0.3 is 0 Å². The summed E-state index contributed by atoms with van der Waals surface area (Å²) in [5.41, 5.74) is 2.45. The van der Waals surface area contributed by atoms with Gasteiger partial charge in [0.15, 0.2) is 0 Å². The molecular formula is C18H20N4O4. The molecule has 4 rings (SSSR count). The van der Waals surface area contributed by atoms with Crippen LogP contribution in [0.3, 0.4) is 0 Å². The molecule has 1 N–H and O–H groups in total. The van der Waals surface area contributed by atoms with Crippen LogP contribution in [0.15, 0.2) is 23.0 Å². The zero-order chi connectivity index (χ0) is 18.3. The molecule has 2 aromatic rings. The average molecular weight is 356 g/mol. The number of nitrogens with one attached hydrogen (secondary N) is 1. The van der Waals surface area contributed by atoms with Gasteiger partial charge in [0.1, 0.15) is 11.6 Å². The topological polar surface area (TPSA) is 101 Å². The molecule has 1 saturated carbocycles. The third-order valence-electron chi connectivity index (χ3n) is 5.01. The highest BCUT2D eigenvalue weighted by atomic mass is 16.6. The van der Waals surface area contributed by atoms with Crippen LogP contribution in [0.2, 0.25) is 0 Å². The van der Waals surface area contributed by atoms with Crippen molar-refractivity contribution >= 4 is 5.69 Å². The minimum absolute atomic E-state index is 0.00263. The maximum Gasteiger partial charge on any atom is 0.273 e.